The van der Waals surface area contributed by atoms with Crippen molar-refractivity contribution in [1.29, 1.82) is 0 Å². The van der Waals surface area contributed by atoms with Gasteiger partial charge in [0.25, 0.3) is 0 Å². The van der Waals surface area contributed by atoms with Crippen molar-refractivity contribution in [3.05, 3.63) is 64.2 Å². The topological polar surface area (TPSA) is 71.1 Å². The fraction of sp³-hybridized carbons (Fsp3) is 0.105. The third-order valence-electron chi connectivity index (χ3n) is 4.26. The highest BCUT2D eigenvalue weighted by Crippen LogP contribution is 2.34. The van der Waals surface area contributed by atoms with Crippen LogP contribution in [0.5, 0.6) is 0 Å². The lowest BCUT2D eigenvalue weighted by molar-refractivity contribution is -0.123. The molecule has 0 bridgehead atoms. The lowest BCUT2D eigenvalue weighted by atomic mass is 9.90. The molecule has 1 aromatic heterocycles. The third kappa shape index (κ3) is 3.56. The Kier molecular flexibility index (Phi) is 4.63. The van der Waals surface area contributed by atoms with Crippen molar-refractivity contribution >= 4 is 45.6 Å². The number of nitrogens with zero attached hydrogens (tertiary/aromatic N) is 1. The van der Waals surface area contributed by atoms with E-state index in [1.165, 1.54) is 23.5 Å². The molecule has 0 fully saturated rings. The largest absolute Gasteiger partial charge is 0.326 e. The van der Waals surface area contributed by atoms with Gasteiger partial charge in [0.2, 0.25) is 11.8 Å². The van der Waals surface area contributed by atoms with Crippen LogP contribution in [-0.2, 0) is 9.59 Å². The Labute approximate surface area is 163 Å². The molecule has 0 radical (unpaired) electrons. The number of halogens is 2. The number of fused-ring (bicyclic) bond motifs is 1. The number of nitrogens with one attached hydrogen (secondary N) is 2. The molecule has 1 atom stereocenters. The molecule has 3 aromatic rings. The smallest absolute Gasteiger partial charge is 0.234 e. The normalized spacial score (nSPS) is 15.8. The molecule has 4 rings (SSSR count). The summed E-state index contributed by atoms with van der Waals surface area (Å²) in [5.74, 6) is -1.52. The Bertz CT molecular complexity index is 1050. The van der Waals surface area contributed by atoms with Crippen LogP contribution in [0.15, 0.2) is 47.8 Å². The molecule has 2 aromatic carbocycles. The van der Waals surface area contributed by atoms with E-state index >= 15 is 0 Å². The molecule has 2 N–H and O–H groups in total. The zero-order chi connectivity index (χ0) is 19.0. The summed E-state index contributed by atoms with van der Waals surface area (Å²) >= 11 is 7.30. The van der Waals surface area contributed by atoms with E-state index in [0.717, 1.165) is 5.56 Å². The number of benzene rings is 2. The number of anilines is 2. The second-order valence-corrected chi connectivity index (χ2v) is 7.31. The number of carbonyl (C=O) groups is 2. The summed E-state index contributed by atoms with van der Waals surface area (Å²) in [5, 5.41) is 7.90. The molecule has 0 aliphatic carbocycles. The number of rotatable bonds is 3. The highest BCUT2D eigenvalue weighted by molar-refractivity contribution is 7.14. The van der Waals surface area contributed by atoms with Crippen molar-refractivity contribution in [3.63, 3.8) is 0 Å². The van der Waals surface area contributed by atoms with Gasteiger partial charge in [-0.3, -0.25) is 9.59 Å². The average Bonchev–Trinajstić information content (AvgIpc) is 3.09. The highest BCUT2D eigenvalue weighted by atomic mass is 35.5. The second-order valence-electron chi connectivity index (χ2n) is 6.04. The molecule has 0 unspecified atom stereocenters. The summed E-state index contributed by atoms with van der Waals surface area (Å²) in [6.07, 6.45) is 0.0743. The van der Waals surface area contributed by atoms with Crippen molar-refractivity contribution in [1.82, 2.24) is 4.98 Å². The van der Waals surface area contributed by atoms with Gasteiger partial charge in [-0.2, -0.15) is 0 Å². The third-order valence-corrected chi connectivity index (χ3v) is 5.33. The summed E-state index contributed by atoms with van der Waals surface area (Å²) in [7, 11) is 0. The van der Waals surface area contributed by atoms with Crippen LogP contribution in [0.3, 0.4) is 0 Å². The van der Waals surface area contributed by atoms with Gasteiger partial charge in [-0.1, -0.05) is 29.8 Å². The monoisotopic (exact) mass is 401 g/mol. The Hall–Kier alpha value is -2.77. The van der Waals surface area contributed by atoms with E-state index in [4.69, 9.17) is 11.6 Å². The molecule has 2 heterocycles. The van der Waals surface area contributed by atoms with Gasteiger partial charge in [-0.25, -0.2) is 9.37 Å². The quantitative estimate of drug-likeness (QED) is 0.670. The maximum absolute atomic E-state index is 13.2. The molecule has 8 heteroatoms. The van der Waals surface area contributed by atoms with Crippen LogP contribution in [0.1, 0.15) is 17.9 Å². The van der Waals surface area contributed by atoms with E-state index in [2.05, 4.69) is 15.6 Å². The van der Waals surface area contributed by atoms with Crippen LogP contribution in [0, 0.1) is 5.82 Å². The maximum Gasteiger partial charge on any atom is 0.234 e. The van der Waals surface area contributed by atoms with E-state index in [1.54, 1.807) is 23.6 Å². The van der Waals surface area contributed by atoms with Crippen LogP contribution in [0.4, 0.5) is 15.2 Å². The number of amides is 2. The van der Waals surface area contributed by atoms with Crippen molar-refractivity contribution in [2.24, 2.45) is 0 Å². The zero-order valence-electron chi connectivity index (χ0n) is 13.8. The maximum atomic E-state index is 13.2. The van der Waals surface area contributed by atoms with Gasteiger partial charge in [0.15, 0.2) is 5.13 Å². The van der Waals surface area contributed by atoms with E-state index in [0.29, 0.717) is 22.1 Å². The summed E-state index contributed by atoms with van der Waals surface area (Å²) in [5.41, 5.74) is 2.54. The first-order valence-corrected chi connectivity index (χ1v) is 9.37. The first-order valence-electron chi connectivity index (χ1n) is 8.12. The Morgan fingerprint density at radius 3 is 2.93 bits per heavy atom. The fourth-order valence-electron chi connectivity index (χ4n) is 2.99. The number of para-hydroxylation sites is 1. The molecule has 136 valence electrons. The molecule has 1 aliphatic heterocycles. The van der Waals surface area contributed by atoms with Crippen LogP contribution in [0.2, 0.25) is 5.02 Å². The summed E-state index contributed by atoms with van der Waals surface area (Å²) in [6, 6.07) is 11.3. The highest BCUT2D eigenvalue weighted by Gasteiger charge is 2.30. The molecule has 2 amide bonds. The summed E-state index contributed by atoms with van der Waals surface area (Å²) < 4.78 is 13.2. The van der Waals surface area contributed by atoms with Gasteiger partial charge >= 0.3 is 0 Å². The van der Waals surface area contributed by atoms with Gasteiger partial charge in [0, 0.05) is 23.1 Å². The van der Waals surface area contributed by atoms with Crippen molar-refractivity contribution in [3.8, 4) is 11.3 Å². The number of hydrogen-bond acceptors (Lipinski definition) is 4. The van der Waals surface area contributed by atoms with Crippen molar-refractivity contribution in [2.75, 3.05) is 10.6 Å². The van der Waals surface area contributed by atoms with E-state index in [1.807, 2.05) is 12.1 Å². The summed E-state index contributed by atoms with van der Waals surface area (Å²) in [4.78, 5) is 29.0. The van der Waals surface area contributed by atoms with Crippen LogP contribution < -0.4 is 10.6 Å². The molecule has 5 nitrogen and oxygen atoms in total. The molecule has 27 heavy (non-hydrogen) atoms. The second kappa shape index (κ2) is 7.09. The standard InChI is InChI=1S/C19H13ClFN3O2S/c20-14-7-10(21)5-6-12(14)16-9-27-19(23-16)24-18(26)13-8-17(25)22-15-4-2-1-3-11(13)15/h1-7,9,13H,8H2,(H,22,25)(H,23,24,26)/t13-/m1/s1. The van der Waals surface area contributed by atoms with E-state index < -0.39 is 11.7 Å². The van der Waals surface area contributed by atoms with Gasteiger partial charge in [0.1, 0.15) is 5.82 Å². The fourth-order valence-corrected chi connectivity index (χ4v) is 3.97. The van der Waals surface area contributed by atoms with Crippen LogP contribution in [0.25, 0.3) is 11.3 Å². The lowest BCUT2D eigenvalue weighted by Gasteiger charge is -2.24. The predicted molar refractivity (Wildman–Crippen MR) is 104 cm³/mol. The van der Waals surface area contributed by atoms with Crippen LogP contribution in [-0.4, -0.2) is 16.8 Å². The lowest BCUT2D eigenvalue weighted by Crippen LogP contribution is -2.30. The van der Waals surface area contributed by atoms with E-state index in [-0.39, 0.29) is 23.3 Å². The van der Waals surface area contributed by atoms with E-state index in [9.17, 15) is 14.0 Å². The minimum absolute atomic E-state index is 0.0743. The van der Waals surface area contributed by atoms with Gasteiger partial charge < -0.3 is 10.6 Å². The van der Waals surface area contributed by atoms with Crippen molar-refractivity contribution < 1.29 is 14.0 Å². The van der Waals surface area contributed by atoms with Gasteiger partial charge in [-0.05, 0) is 29.8 Å². The molecular weight excluding hydrogens is 389 g/mol. The number of aromatic nitrogens is 1. The minimum Gasteiger partial charge on any atom is -0.326 e. The Morgan fingerprint density at radius 2 is 2.11 bits per heavy atom. The average molecular weight is 402 g/mol. The molecular formula is C19H13ClFN3O2S. The zero-order valence-corrected chi connectivity index (χ0v) is 15.4. The SMILES string of the molecule is O=C1C[C@@H](C(=O)Nc2nc(-c3ccc(F)cc3Cl)cs2)c2ccccc2N1. The van der Waals surface area contributed by atoms with Gasteiger partial charge in [0.05, 0.1) is 16.6 Å². The summed E-state index contributed by atoms with van der Waals surface area (Å²) in [6.45, 7) is 0. The van der Waals surface area contributed by atoms with Gasteiger partial charge in [-0.15, -0.1) is 11.3 Å². The van der Waals surface area contributed by atoms with Crippen molar-refractivity contribution in [2.45, 2.75) is 12.3 Å². The predicted octanol–water partition coefficient (Wildman–Crippen LogP) is 4.67. The molecule has 0 spiro atoms. The number of hydrogen-bond donors (Lipinski definition) is 2. The number of thiazole rings is 1. The Balaban J connectivity index is 1.56. The molecule has 0 saturated carbocycles. The first-order chi connectivity index (χ1) is 13.0. The Morgan fingerprint density at radius 1 is 1.30 bits per heavy atom. The molecule has 1 aliphatic rings. The van der Waals surface area contributed by atoms with Crippen LogP contribution >= 0.6 is 22.9 Å². The number of carbonyl (C=O) groups excluding carboxylic acids is 2. The molecule has 0 saturated heterocycles. The first kappa shape index (κ1) is 17.6. The minimum atomic E-state index is -0.586.